The van der Waals surface area contributed by atoms with Crippen molar-refractivity contribution in [2.75, 3.05) is 31.9 Å². The third kappa shape index (κ3) is 6.31. The van der Waals surface area contributed by atoms with Crippen LogP contribution in [0.25, 0.3) is 0 Å². The molecule has 0 radical (unpaired) electrons. The molecule has 1 fully saturated rings. The van der Waals surface area contributed by atoms with Gasteiger partial charge in [-0.3, -0.25) is 10.0 Å². The van der Waals surface area contributed by atoms with Crippen molar-refractivity contribution in [2.45, 2.75) is 46.1 Å². The van der Waals surface area contributed by atoms with E-state index in [1.807, 2.05) is 31.2 Å². The number of anilines is 1. The highest BCUT2D eigenvalue weighted by molar-refractivity contribution is 7.98. The van der Waals surface area contributed by atoms with E-state index in [0.29, 0.717) is 24.6 Å². The van der Waals surface area contributed by atoms with E-state index in [2.05, 4.69) is 59.9 Å². The second kappa shape index (κ2) is 10.9. The van der Waals surface area contributed by atoms with Gasteiger partial charge in [-0.15, -0.1) is 0 Å². The molecule has 1 aromatic rings. The van der Waals surface area contributed by atoms with Crippen molar-refractivity contribution < 1.29 is 10.0 Å². The Labute approximate surface area is 196 Å². The fourth-order valence-electron chi connectivity index (χ4n) is 3.84. The van der Waals surface area contributed by atoms with Crippen LogP contribution in [0.15, 0.2) is 53.5 Å². The van der Waals surface area contributed by atoms with Crippen molar-refractivity contribution in [3.05, 3.63) is 64.6 Å². The lowest BCUT2D eigenvalue weighted by Gasteiger charge is -2.28. The highest BCUT2D eigenvalue weighted by atomic mass is 32.2. The average molecular weight is 458 g/mol. The number of amides is 1. The number of nitrogens with zero attached hydrogens (tertiary/aromatic N) is 3. The third-order valence-corrected chi connectivity index (χ3v) is 6.66. The Bertz CT molecular complexity index is 925. The standard InChI is InChI=1S/C24H35N5O2S/c1-17-10-11-20(14-18(17)2)26-32-29(31)22-8-6-7-9-24(30)25-19(3)15-23(22)28-13-12-21(16-28)27(4)5/h6,8,10-11,14-15,21,26,31H,7,9,12-13,16H2,1-5H3,(H,25,30)/b8-6+,19-15+,23-22-. The lowest BCUT2D eigenvalue weighted by molar-refractivity contribution is -0.120. The second-order valence-corrected chi connectivity index (χ2v) is 9.44. The zero-order chi connectivity index (χ0) is 23.3. The Morgan fingerprint density at radius 2 is 2.00 bits per heavy atom. The SMILES string of the molecule is C\C1=C/C(N2CCC(N(C)C)C2)=C(N(O)SNc2ccc(C)c(C)c2)\C=C\CCC(=O)N1. The summed E-state index contributed by atoms with van der Waals surface area (Å²) in [4.78, 5) is 16.6. The van der Waals surface area contributed by atoms with E-state index in [1.54, 1.807) is 0 Å². The van der Waals surface area contributed by atoms with E-state index in [-0.39, 0.29) is 5.91 Å². The smallest absolute Gasteiger partial charge is 0.224 e. The molecule has 1 unspecified atom stereocenters. The Morgan fingerprint density at radius 3 is 2.69 bits per heavy atom. The molecule has 3 rings (SSSR count). The molecule has 0 aliphatic carbocycles. The normalized spacial score (nSPS) is 24.7. The van der Waals surface area contributed by atoms with Gasteiger partial charge in [-0.2, -0.15) is 4.47 Å². The van der Waals surface area contributed by atoms with Crippen LogP contribution >= 0.6 is 12.1 Å². The van der Waals surface area contributed by atoms with Crippen LogP contribution in [0.3, 0.4) is 0 Å². The van der Waals surface area contributed by atoms with Crippen molar-refractivity contribution in [2.24, 2.45) is 0 Å². The summed E-state index contributed by atoms with van der Waals surface area (Å²) in [6.07, 6.45) is 7.89. The van der Waals surface area contributed by atoms with Crippen LogP contribution in [0.2, 0.25) is 0 Å². The minimum Gasteiger partial charge on any atom is -0.368 e. The first-order valence-electron chi connectivity index (χ1n) is 11.0. The molecule has 7 nitrogen and oxygen atoms in total. The van der Waals surface area contributed by atoms with Crippen LogP contribution in [0.1, 0.15) is 37.3 Å². The lowest BCUT2D eigenvalue weighted by Crippen LogP contribution is -2.32. The molecule has 8 heteroatoms. The molecule has 2 aliphatic rings. The number of hydroxylamine groups is 1. The van der Waals surface area contributed by atoms with E-state index in [1.165, 1.54) is 15.6 Å². The first kappa shape index (κ1) is 24.2. The molecular weight excluding hydrogens is 422 g/mol. The monoisotopic (exact) mass is 457 g/mol. The molecule has 0 saturated carbocycles. The molecule has 2 heterocycles. The van der Waals surface area contributed by atoms with Crippen molar-refractivity contribution in [3.63, 3.8) is 0 Å². The summed E-state index contributed by atoms with van der Waals surface area (Å²) in [5.74, 6) is 0.00503. The van der Waals surface area contributed by atoms with Crippen molar-refractivity contribution in [1.82, 2.24) is 19.6 Å². The zero-order valence-corrected chi connectivity index (χ0v) is 20.5. The fourth-order valence-corrected chi connectivity index (χ4v) is 4.41. The van der Waals surface area contributed by atoms with Crippen LogP contribution in [0, 0.1) is 13.8 Å². The maximum atomic E-state index is 12.1. The van der Waals surface area contributed by atoms with Gasteiger partial charge >= 0.3 is 0 Å². The minimum atomic E-state index is 0.00503. The molecule has 1 amide bonds. The molecule has 0 bridgehead atoms. The van der Waals surface area contributed by atoms with Crippen molar-refractivity contribution >= 4 is 23.7 Å². The summed E-state index contributed by atoms with van der Waals surface area (Å²) in [7, 11) is 4.19. The van der Waals surface area contributed by atoms with Crippen LogP contribution in [0.4, 0.5) is 5.69 Å². The maximum Gasteiger partial charge on any atom is 0.224 e. The summed E-state index contributed by atoms with van der Waals surface area (Å²) in [5.41, 5.74) is 5.69. The van der Waals surface area contributed by atoms with Crippen LogP contribution in [-0.2, 0) is 4.79 Å². The van der Waals surface area contributed by atoms with Gasteiger partial charge in [-0.25, -0.2) is 0 Å². The molecule has 1 atom stereocenters. The van der Waals surface area contributed by atoms with Crippen LogP contribution in [-0.4, -0.2) is 58.6 Å². The number of hydrogen-bond acceptors (Lipinski definition) is 7. The number of likely N-dealkylation sites (tertiary alicyclic amines) is 1. The van der Waals surface area contributed by atoms with Crippen molar-refractivity contribution in [3.8, 4) is 0 Å². The Morgan fingerprint density at radius 1 is 1.22 bits per heavy atom. The van der Waals surface area contributed by atoms with Crippen molar-refractivity contribution in [1.29, 1.82) is 0 Å². The molecule has 174 valence electrons. The molecule has 1 aromatic carbocycles. The summed E-state index contributed by atoms with van der Waals surface area (Å²) in [5, 5.41) is 14.0. The number of aryl methyl sites for hydroxylation is 2. The number of rotatable bonds is 6. The molecule has 2 aliphatic heterocycles. The zero-order valence-electron chi connectivity index (χ0n) is 19.7. The Kier molecular flexibility index (Phi) is 8.28. The molecule has 1 saturated heterocycles. The second-order valence-electron chi connectivity index (χ2n) is 8.70. The van der Waals surface area contributed by atoms with Crippen LogP contribution in [0.5, 0.6) is 0 Å². The van der Waals surface area contributed by atoms with E-state index in [9.17, 15) is 10.0 Å². The van der Waals surface area contributed by atoms with E-state index >= 15 is 0 Å². The Hall–Kier alpha value is -2.42. The molecular formula is C24H35N5O2S. The summed E-state index contributed by atoms with van der Waals surface area (Å²) in [6.45, 7) is 7.79. The number of benzene rings is 1. The van der Waals surface area contributed by atoms with E-state index < -0.39 is 0 Å². The maximum absolute atomic E-state index is 12.1. The predicted molar refractivity (Wildman–Crippen MR) is 132 cm³/mol. The number of nitrogens with one attached hydrogen (secondary N) is 2. The van der Waals surface area contributed by atoms with Crippen LogP contribution < -0.4 is 10.0 Å². The first-order chi connectivity index (χ1) is 15.2. The molecule has 3 N–H and O–H groups in total. The van der Waals surface area contributed by atoms with Gasteiger partial charge in [0.1, 0.15) is 5.70 Å². The number of carbonyl (C=O) groups is 1. The number of carbonyl (C=O) groups excluding carboxylic acids is 1. The van der Waals surface area contributed by atoms with Gasteiger partial charge < -0.3 is 19.8 Å². The number of hydrogen-bond donors (Lipinski definition) is 3. The molecule has 0 spiro atoms. The topological polar surface area (TPSA) is 71.1 Å². The number of allylic oxidation sites excluding steroid dienone is 4. The van der Waals surface area contributed by atoms with Gasteiger partial charge in [-0.1, -0.05) is 12.1 Å². The summed E-state index contributed by atoms with van der Waals surface area (Å²) >= 11 is 1.13. The average Bonchev–Trinajstić information content (AvgIpc) is 3.23. The van der Waals surface area contributed by atoms with Gasteiger partial charge in [0.05, 0.1) is 17.8 Å². The predicted octanol–water partition coefficient (Wildman–Crippen LogP) is 4.19. The lowest BCUT2D eigenvalue weighted by atomic mass is 10.1. The molecule has 32 heavy (non-hydrogen) atoms. The quantitative estimate of drug-likeness (QED) is 0.437. The first-order valence-corrected chi connectivity index (χ1v) is 11.8. The molecule has 0 aromatic heterocycles. The highest BCUT2D eigenvalue weighted by Crippen LogP contribution is 2.28. The van der Waals surface area contributed by atoms with E-state index in [0.717, 1.165) is 48.7 Å². The summed E-state index contributed by atoms with van der Waals surface area (Å²) < 4.78 is 4.42. The van der Waals surface area contributed by atoms with Gasteiger partial charge in [0.25, 0.3) is 0 Å². The van der Waals surface area contributed by atoms with E-state index in [4.69, 9.17) is 0 Å². The number of likely N-dealkylation sites (N-methyl/N-ethyl adjacent to an activating group) is 1. The Balaban J connectivity index is 1.90. The van der Waals surface area contributed by atoms with Gasteiger partial charge in [0.2, 0.25) is 5.91 Å². The fraction of sp³-hybridized carbons (Fsp3) is 0.458. The third-order valence-electron chi connectivity index (χ3n) is 5.96. The van der Waals surface area contributed by atoms with Gasteiger partial charge in [0.15, 0.2) is 0 Å². The minimum absolute atomic E-state index is 0.00503. The van der Waals surface area contributed by atoms with Gasteiger partial charge in [0, 0.05) is 36.9 Å². The summed E-state index contributed by atoms with van der Waals surface area (Å²) in [6, 6.07) is 6.58. The highest BCUT2D eigenvalue weighted by Gasteiger charge is 2.27. The van der Waals surface area contributed by atoms with Gasteiger partial charge in [-0.05, 0) is 83.1 Å². The largest absolute Gasteiger partial charge is 0.368 e.